The first-order valence-corrected chi connectivity index (χ1v) is 7.29. The van der Waals surface area contributed by atoms with Gasteiger partial charge >= 0.3 is 0 Å². The second-order valence-corrected chi connectivity index (χ2v) is 4.91. The summed E-state index contributed by atoms with van der Waals surface area (Å²) in [6.07, 6.45) is -0.663. The summed E-state index contributed by atoms with van der Waals surface area (Å²) in [6, 6.07) is 16.7. The van der Waals surface area contributed by atoms with Crippen molar-refractivity contribution in [2.24, 2.45) is 0 Å². The highest BCUT2D eigenvalue weighted by molar-refractivity contribution is 5.94. The summed E-state index contributed by atoms with van der Waals surface area (Å²) < 4.78 is 0. The molecule has 0 aliphatic heterocycles. The highest BCUT2D eigenvalue weighted by Crippen LogP contribution is 2.22. The Morgan fingerprint density at radius 3 is 2.00 bits per heavy atom. The molecule has 2 aromatic carbocycles. The lowest BCUT2D eigenvalue weighted by Gasteiger charge is -2.19. The minimum absolute atomic E-state index is 0.0285. The zero-order valence-electron chi connectivity index (χ0n) is 12.5. The van der Waals surface area contributed by atoms with Gasteiger partial charge in [-0.3, -0.25) is 4.79 Å². The van der Waals surface area contributed by atoms with E-state index in [4.69, 9.17) is 0 Å². The third kappa shape index (κ3) is 3.50. The summed E-state index contributed by atoms with van der Waals surface area (Å²) in [5.74, 6) is 0.0285. The molecular formula is C18H21NO2. The van der Waals surface area contributed by atoms with E-state index in [1.165, 1.54) is 0 Å². The predicted molar refractivity (Wildman–Crippen MR) is 84.2 cm³/mol. The summed E-state index contributed by atoms with van der Waals surface area (Å²) >= 11 is 0. The summed E-state index contributed by atoms with van der Waals surface area (Å²) in [5, 5.41) is 10.3. The van der Waals surface area contributed by atoms with Crippen LogP contribution < -0.4 is 0 Å². The fourth-order valence-corrected chi connectivity index (χ4v) is 2.33. The van der Waals surface area contributed by atoms with Crippen LogP contribution in [-0.2, 0) is 0 Å². The number of rotatable bonds is 5. The molecule has 0 saturated carbocycles. The van der Waals surface area contributed by atoms with E-state index in [2.05, 4.69) is 0 Å². The van der Waals surface area contributed by atoms with Crippen molar-refractivity contribution in [3.8, 4) is 0 Å². The van der Waals surface area contributed by atoms with E-state index in [0.717, 1.165) is 11.1 Å². The highest BCUT2D eigenvalue weighted by Gasteiger charge is 2.14. The second kappa shape index (κ2) is 7.04. The molecule has 0 spiro atoms. The van der Waals surface area contributed by atoms with E-state index in [9.17, 15) is 9.90 Å². The minimum Gasteiger partial charge on any atom is -0.384 e. The van der Waals surface area contributed by atoms with Gasteiger partial charge in [0.15, 0.2) is 0 Å². The maximum atomic E-state index is 12.2. The fraction of sp³-hybridized carbons (Fsp3) is 0.278. The first kappa shape index (κ1) is 15.3. The van der Waals surface area contributed by atoms with Crippen LogP contribution in [0.5, 0.6) is 0 Å². The summed E-state index contributed by atoms with van der Waals surface area (Å²) in [6.45, 7) is 5.33. The highest BCUT2D eigenvalue weighted by atomic mass is 16.3. The second-order valence-electron chi connectivity index (χ2n) is 4.91. The minimum atomic E-state index is -0.663. The van der Waals surface area contributed by atoms with Gasteiger partial charge in [0.25, 0.3) is 5.91 Å². The van der Waals surface area contributed by atoms with Crippen molar-refractivity contribution in [1.29, 1.82) is 0 Å². The zero-order valence-corrected chi connectivity index (χ0v) is 12.5. The zero-order chi connectivity index (χ0) is 15.2. The number of carbonyl (C=O) groups excluding carboxylic acids is 1. The van der Waals surface area contributed by atoms with E-state index >= 15 is 0 Å². The number of carbonyl (C=O) groups is 1. The third-order valence-electron chi connectivity index (χ3n) is 3.64. The van der Waals surface area contributed by atoms with E-state index in [1.807, 2.05) is 56.3 Å². The number of benzene rings is 2. The fourth-order valence-electron chi connectivity index (χ4n) is 2.33. The Hall–Kier alpha value is -2.13. The van der Waals surface area contributed by atoms with Crippen molar-refractivity contribution in [2.75, 3.05) is 13.1 Å². The summed E-state index contributed by atoms with van der Waals surface area (Å²) in [5.41, 5.74) is 2.29. The molecule has 1 N–H and O–H groups in total. The van der Waals surface area contributed by atoms with Crippen molar-refractivity contribution < 1.29 is 9.90 Å². The number of aliphatic hydroxyl groups is 1. The molecule has 21 heavy (non-hydrogen) atoms. The SMILES string of the molecule is CCN(CC)C(=O)c1ccc(C(O)c2ccccc2)cc1. The van der Waals surface area contributed by atoms with Gasteiger partial charge in [0.05, 0.1) is 0 Å². The molecule has 0 saturated heterocycles. The number of nitrogens with zero attached hydrogens (tertiary/aromatic N) is 1. The molecule has 0 aliphatic carbocycles. The van der Waals surface area contributed by atoms with Crippen molar-refractivity contribution in [3.05, 3.63) is 71.3 Å². The molecule has 3 heteroatoms. The summed E-state index contributed by atoms with van der Waals surface area (Å²) in [7, 11) is 0. The lowest BCUT2D eigenvalue weighted by molar-refractivity contribution is 0.0773. The largest absolute Gasteiger partial charge is 0.384 e. The van der Waals surface area contributed by atoms with Crippen LogP contribution in [0.3, 0.4) is 0 Å². The monoisotopic (exact) mass is 283 g/mol. The van der Waals surface area contributed by atoms with Gasteiger partial charge in [0, 0.05) is 18.7 Å². The average molecular weight is 283 g/mol. The molecule has 110 valence electrons. The van der Waals surface area contributed by atoms with Crippen LogP contribution in [-0.4, -0.2) is 29.0 Å². The van der Waals surface area contributed by atoms with Crippen molar-refractivity contribution in [1.82, 2.24) is 4.90 Å². The van der Waals surface area contributed by atoms with Crippen molar-refractivity contribution >= 4 is 5.91 Å². The molecule has 0 radical (unpaired) electrons. The Kier molecular flexibility index (Phi) is 5.12. The van der Waals surface area contributed by atoms with Crippen molar-refractivity contribution in [3.63, 3.8) is 0 Å². The Labute approximate surface area is 125 Å². The third-order valence-corrected chi connectivity index (χ3v) is 3.64. The molecule has 0 aliphatic rings. The van der Waals surface area contributed by atoms with Crippen LogP contribution in [0, 0.1) is 0 Å². The molecule has 0 heterocycles. The van der Waals surface area contributed by atoms with E-state index in [0.29, 0.717) is 18.7 Å². The molecule has 0 bridgehead atoms. The Morgan fingerprint density at radius 2 is 1.48 bits per heavy atom. The maximum Gasteiger partial charge on any atom is 0.253 e. The first-order chi connectivity index (χ1) is 10.2. The molecule has 0 fully saturated rings. The smallest absolute Gasteiger partial charge is 0.253 e. The molecule has 0 aromatic heterocycles. The van der Waals surface area contributed by atoms with Gasteiger partial charge in [0.1, 0.15) is 6.10 Å². The number of hydrogen-bond donors (Lipinski definition) is 1. The van der Waals surface area contributed by atoms with E-state index < -0.39 is 6.10 Å². The lowest BCUT2D eigenvalue weighted by atomic mass is 10.0. The van der Waals surface area contributed by atoms with Crippen LogP contribution in [0.2, 0.25) is 0 Å². The van der Waals surface area contributed by atoms with Crippen LogP contribution in [0.1, 0.15) is 41.4 Å². The molecule has 2 aromatic rings. The van der Waals surface area contributed by atoms with Gasteiger partial charge in [-0.2, -0.15) is 0 Å². The quantitative estimate of drug-likeness (QED) is 0.915. The van der Waals surface area contributed by atoms with Crippen molar-refractivity contribution in [2.45, 2.75) is 20.0 Å². The Morgan fingerprint density at radius 1 is 0.952 bits per heavy atom. The predicted octanol–water partition coefficient (Wildman–Crippen LogP) is 3.25. The first-order valence-electron chi connectivity index (χ1n) is 7.29. The molecule has 2 rings (SSSR count). The standard InChI is InChI=1S/C18H21NO2/c1-3-19(4-2)18(21)16-12-10-15(11-13-16)17(20)14-8-6-5-7-9-14/h5-13,17,20H,3-4H2,1-2H3. The van der Waals surface area contributed by atoms with Gasteiger partial charge in [-0.25, -0.2) is 0 Å². The molecule has 1 amide bonds. The Balaban J connectivity index is 2.17. The molecule has 1 unspecified atom stereocenters. The Bertz CT molecular complexity index is 574. The maximum absolute atomic E-state index is 12.2. The molecule has 3 nitrogen and oxygen atoms in total. The molecule has 1 atom stereocenters. The topological polar surface area (TPSA) is 40.5 Å². The lowest BCUT2D eigenvalue weighted by Crippen LogP contribution is -2.30. The normalized spacial score (nSPS) is 12.0. The summed E-state index contributed by atoms with van der Waals surface area (Å²) in [4.78, 5) is 14.0. The molecular weight excluding hydrogens is 262 g/mol. The average Bonchev–Trinajstić information content (AvgIpc) is 2.56. The van der Waals surface area contributed by atoms with Gasteiger partial charge in [-0.05, 0) is 37.1 Å². The van der Waals surface area contributed by atoms with Crippen LogP contribution >= 0.6 is 0 Å². The van der Waals surface area contributed by atoms with Gasteiger partial charge in [-0.15, -0.1) is 0 Å². The van der Waals surface area contributed by atoms with Gasteiger partial charge in [0.2, 0.25) is 0 Å². The van der Waals surface area contributed by atoms with Gasteiger partial charge in [-0.1, -0.05) is 42.5 Å². The van der Waals surface area contributed by atoms with E-state index in [-0.39, 0.29) is 5.91 Å². The van der Waals surface area contributed by atoms with Crippen LogP contribution in [0.4, 0.5) is 0 Å². The van der Waals surface area contributed by atoms with Crippen LogP contribution in [0.15, 0.2) is 54.6 Å². The van der Waals surface area contributed by atoms with Gasteiger partial charge < -0.3 is 10.0 Å². The van der Waals surface area contributed by atoms with E-state index in [1.54, 1.807) is 17.0 Å². The number of amides is 1. The number of aliphatic hydroxyl groups excluding tert-OH is 1. The van der Waals surface area contributed by atoms with Crippen LogP contribution in [0.25, 0.3) is 0 Å². The number of hydrogen-bond acceptors (Lipinski definition) is 2.